The molecule has 0 aliphatic heterocycles. The van der Waals surface area contributed by atoms with Gasteiger partial charge in [0.05, 0.1) is 17.4 Å². The third kappa shape index (κ3) is 4.89. The predicted octanol–water partition coefficient (Wildman–Crippen LogP) is 5.26. The summed E-state index contributed by atoms with van der Waals surface area (Å²) in [6, 6.07) is 24.7. The maximum atomic E-state index is 14.1. The molecule has 0 aliphatic carbocycles. The number of rotatable bonds is 7. The largest absolute Gasteiger partial charge is 0.349 e. The van der Waals surface area contributed by atoms with Crippen LogP contribution < -0.4 is 5.32 Å². The number of benzene rings is 3. The van der Waals surface area contributed by atoms with Crippen molar-refractivity contribution in [3.05, 3.63) is 90.2 Å². The Kier molecular flexibility index (Phi) is 6.66. The Morgan fingerprint density at radius 3 is 2.34 bits per heavy atom. The lowest BCUT2D eigenvalue weighted by atomic mass is 10.0. The average Bonchev–Trinajstić information content (AvgIpc) is 3.18. The van der Waals surface area contributed by atoms with Crippen molar-refractivity contribution in [3.63, 3.8) is 0 Å². The molecule has 0 bridgehead atoms. The molecule has 7 heteroatoms. The molecular formula is C25H23FN4OS. The van der Waals surface area contributed by atoms with Crippen LogP contribution in [0.1, 0.15) is 18.5 Å². The third-order valence-electron chi connectivity index (χ3n) is 5.18. The first-order chi connectivity index (χ1) is 15.5. The highest BCUT2D eigenvalue weighted by molar-refractivity contribution is 7.99. The van der Waals surface area contributed by atoms with E-state index in [1.807, 2.05) is 37.3 Å². The molecule has 1 aromatic heterocycles. The van der Waals surface area contributed by atoms with Crippen molar-refractivity contribution >= 4 is 17.7 Å². The molecule has 0 saturated heterocycles. The van der Waals surface area contributed by atoms with Gasteiger partial charge in [0.1, 0.15) is 5.82 Å². The van der Waals surface area contributed by atoms with Crippen molar-refractivity contribution in [2.75, 3.05) is 5.75 Å². The van der Waals surface area contributed by atoms with Crippen LogP contribution in [0.5, 0.6) is 0 Å². The molecule has 4 rings (SSSR count). The van der Waals surface area contributed by atoms with Crippen LogP contribution in [0.4, 0.5) is 4.39 Å². The summed E-state index contributed by atoms with van der Waals surface area (Å²) in [4.78, 5) is 12.5. The lowest BCUT2D eigenvalue weighted by molar-refractivity contribution is -0.119. The maximum Gasteiger partial charge on any atom is 0.230 e. The van der Waals surface area contributed by atoms with Gasteiger partial charge in [-0.05, 0) is 35.7 Å². The Morgan fingerprint density at radius 1 is 0.969 bits per heavy atom. The maximum absolute atomic E-state index is 14.1. The molecule has 3 aromatic carbocycles. The minimum Gasteiger partial charge on any atom is -0.349 e. The van der Waals surface area contributed by atoms with Gasteiger partial charge in [-0.25, -0.2) is 4.39 Å². The minimum absolute atomic E-state index is 0.106. The highest BCUT2D eigenvalue weighted by Crippen LogP contribution is 2.25. The van der Waals surface area contributed by atoms with Crippen LogP contribution in [0.3, 0.4) is 0 Å². The first kappa shape index (κ1) is 21.8. The second kappa shape index (κ2) is 9.78. The number of carbonyl (C=O) groups excluding carboxylic acids is 1. The summed E-state index contributed by atoms with van der Waals surface area (Å²) < 4.78 is 15.7. The van der Waals surface area contributed by atoms with Gasteiger partial charge in [0.25, 0.3) is 0 Å². The number of halogens is 1. The van der Waals surface area contributed by atoms with Gasteiger partial charge in [0.2, 0.25) is 5.91 Å². The monoisotopic (exact) mass is 446 g/mol. The number of aromatic nitrogens is 3. The fourth-order valence-electron chi connectivity index (χ4n) is 3.41. The molecule has 4 aromatic rings. The van der Waals surface area contributed by atoms with Gasteiger partial charge in [0, 0.05) is 7.05 Å². The second-order valence-electron chi connectivity index (χ2n) is 7.41. The lowest BCUT2D eigenvalue weighted by Gasteiger charge is -2.15. The quantitative estimate of drug-likeness (QED) is 0.394. The van der Waals surface area contributed by atoms with Crippen molar-refractivity contribution in [1.82, 2.24) is 20.1 Å². The van der Waals surface area contributed by atoms with E-state index in [-0.39, 0.29) is 23.5 Å². The summed E-state index contributed by atoms with van der Waals surface area (Å²) in [5.41, 5.74) is 3.71. The Morgan fingerprint density at radius 2 is 1.62 bits per heavy atom. The van der Waals surface area contributed by atoms with Crippen LogP contribution in [-0.2, 0) is 11.8 Å². The molecule has 0 fully saturated rings. The van der Waals surface area contributed by atoms with E-state index < -0.39 is 0 Å². The van der Waals surface area contributed by atoms with E-state index in [0.717, 1.165) is 16.7 Å². The molecule has 0 radical (unpaired) electrons. The van der Waals surface area contributed by atoms with Gasteiger partial charge in [-0.3, -0.25) is 4.79 Å². The molecule has 1 heterocycles. The molecule has 0 spiro atoms. The van der Waals surface area contributed by atoms with E-state index in [1.54, 1.807) is 29.8 Å². The van der Waals surface area contributed by atoms with Crippen LogP contribution in [0.2, 0.25) is 0 Å². The Balaban J connectivity index is 1.35. The number of nitrogens with zero attached hydrogens (tertiary/aromatic N) is 3. The zero-order valence-electron chi connectivity index (χ0n) is 17.8. The van der Waals surface area contributed by atoms with E-state index in [9.17, 15) is 9.18 Å². The topological polar surface area (TPSA) is 59.8 Å². The summed E-state index contributed by atoms with van der Waals surface area (Å²) >= 11 is 1.27. The summed E-state index contributed by atoms with van der Waals surface area (Å²) in [5, 5.41) is 11.8. The highest BCUT2D eigenvalue weighted by Gasteiger charge is 2.16. The number of hydrogen-bond acceptors (Lipinski definition) is 4. The fourth-order valence-corrected chi connectivity index (χ4v) is 4.13. The standard InChI is InChI=1S/C25H23FN4OS/c1-17(18-12-14-20(15-13-18)19-8-4-3-5-9-19)27-23(31)16-32-25-29-28-24(30(25)2)21-10-6-7-11-22(21)26/h3-15,17H,16H2,1-2H3,(H,27,31)/t17-/m1/s1. The minimum atomic E-state index is -0.357. The smallest absolute Gasteiger partial charge is 0.230 e. The molecule has 0 saturated carbocycles. The molecule has 32 heavy (non-hydrogen) atoms. The number of carbonyl (C=O) groups is 1. The van der Waals surface area contributed by atoms with E-state index >= 15 is 0 Å². The zero-order valence-corrected chi connectivity index (χ0v) is 18.6. The summed E-state index contributed by atoms with van der Waals surface area (Å²) in [5.74, 6) is 0.155. The SMILES string of the molecule is C[C@@H](NC(=O)CSc1nnc(-c2ccccc2F)n1C)c1ccc(-c2ccccc2)cc1. The van der Waals surface area contributed by atoms with Crippen molar-refractivity contribution in [2.24, 2.45) is 7.05 Å². The first-order valence-electron chi connectivity index (χ1n) is 10.2. The van der Waals surface area contributed by atoms with Crippen LogP contribution in [0, 0.1) is 5.82 Å². The molecule has 0 unspecified atom stereocenters. The molecule has 1 atom stereocenters. The predicted molar refractivity (Wildman–Crippen MR) is 126 cm³/mol. The molecule has 1 N–H and O–H groups in total. The first-order valence-corrected chi connectivity index (χ1v) is 11.2. The van der Waals surface area contributed by atoms with Gasteiger partial charge in [-0.15, -0.1) is 10.2 Å². The Hall–Kier alpha value is -3.45. The normalized spacial score (nSPS) is 11.8. The van der Waals surface area contributed by atoms with Gasteiger partial charge >= 0.3 is 0 Å². The second-order valence-corrected chi connectivity index (χ2v) is 8.35. The van der Waals surface area contributed by atoms with Crippen molar-refractivity contribution in [3.8, 4) is 22.5 Å². The molecule has 0 aliphatic rings. The summed E-state index contributed by atoms with van der Waals surface area (Å²) in [6.45, 7) is 1.96. The Bertz CT molecular complexity index is 1210. The van der Waals surface area contributed by atoms with Crippen molar-refractivity contribution in [2.45, 2.75) is 18.1 Å². The van der Waals surface area contributed by atoms with Crippen LogP contribution >= 0.6 is 11.8 Å². The van der Waals surface area contributed by atoms with E-state index in [4.69, 9.17) is 0 Å². The third-order valence-corrected chi connectivity index (χ3v) is 6.20. The van der Waals surface area contributed by atoms with Crippen LogP contribution in [0.25, 0.3) is 22.5 Å². The van der Waals surface area contributed by atoms with Crippen LogP contribution in [-0.4, -0.2) is 26.4 Å². The highest BCUT2D eigenvalue weighted by atomic mass is 32.2. The van der Waals surface area contributed by atoms with Crippen LogP contribution in [0.15, 0.2) is 84.0 Å². The lowest BCUT2D eigenvalue weighted by Crippen LogP contribution is -2.28. The van der Waals surface area contributed by atoms with E-state index in [2.05, 4.69) is 39.8 Å². The van der Waals surface area contributed by atoms with Gasteiger partial charge < -0.3 is 9.88 Å². The fraction of sp³-hybridized carbons (Fsp3) is 0.160. The average molecular weight is 447 g/mol. The number of thioether (sulfide) groups is 1. The number of hydrogen-bond donors (Lipinski definition) is 1. The van der Waals surface area contributed by atoms with Gasteiger partial charge in [-0.2, -0.15) is 0 Å². The van der Waals surface area contributed by atoms with Crippen molar-refractivity contribution < 1.29 is 9.18 Å². The summed E-state index contributed by atoms with van der Waals surface area (Å²) in [7, 11) is 1.76. The van der Waals surface area contributed by atoms with E-state index in [1.165, 1.54) is 17.8 Å². The number of amides is 1. The molecular weight excluding hydrogens is 423 g/mol. The molecule has 5 nitrogen and oxygen atoms in total. The van der Waals surface area contributed by atoms with Gasteiger partial charge in [-0.1, -0.05) is 78.5 Å². The van der Waals surface area contributed by atoms with Gasteiger partial charge in [0.15, 0.2) is 11.0 Å². The Labute approximate surface area is 190 Å². The van der Waals surface area contributed by atoms with Crippen molar-refractivity contribution in [1.29, 1.82) is 0 Å². The van der Waals surface area contributed by atoms with E-state index in [0.29, 0.717) is 16.5 Å². The molecule has 162 valence electrons. The summed E-state index contributed by atoms with van der Waals surface area (Å²) in [6.07, 6.45) is 0. The number of nitrogens with one attached hydrogen (secondary N) is 1. The molecule has 1 amide bonds. The zero-order chi connectivity index (χ0) is 22.5.